The Morgan fingerprint density at radius 2 is 1.33 bits per heavy atom. The van der Waals surface area contributed by atoms with Gasteiger partial charge in [-0.1, -0.05) is 34.6 Å². The van der Waals surface area contributed by atoms with Crippen molar-refractivity contribution >= 4 is 23.9 Å². The maximum absolute atomic E-state index is 12.0. The topological polar surface area (TPSA) is 162 Å². The molecule has 0 saturated heterocycles. The molecule has 0 saturated carbocycles. The van der Waals surface area contributed by atoms with Crippen molar-refractivity contribution in [2.45, 2.75) is 78.9 Å². The molecule has 30 heavy (non-hydrogen) atoms. The Kier molecular flexibility index (Phi) is 13.9. The summed E-state index contributed by atoms with van der Waals surface area (Å²) < 4.78 is 5.17. The standard InChI is InChI=1S/C14H29NO2.C6H8O7/c1-7-15(8-2)12(13(16)17-9-3)10-11-14(4,5)6;7-3(8)1-6(13,5(11)12)2-4(9)10/h12H,7-11H2,1-6H3;13H,1-2H2,(H,7,8)(H,9,10)(H,11,12). The molecular formula is C20H37NO9. The van der Waals surface area contributed by atoms with Gasteiger partial charge in [0.1, 0.15) is 6.04 Å². The molecule has 0 heterocycles. The van der Waals surface area contributed by atoms with Crippen LogP contribution in [-0.4, -0.2) is 80.5 Å². The van der Waals surface area contributed by atoms with Crippen LogP contribution in [0.2, 0.25) is 0 Å². The van der Waals surface area contributed by atoms with Gasteiger partial charge in [0.15, 0.2) is 5.60 Å². The van der Waals surface area contributed by atoms with Crippen LogP contribution in [0.1, 0.15) is 67.2 Å². The fraction of sp³-hybridized carbons (Fsp3) is 0.800. The molecule has 1 unspecified atom stereocenters. The van der Waals surface area contributed by atoms with Gasteiger partial charge in [-0.25, -0.2) is 4.79 Å². The highest BCUT2D eigenvalue weighted by molar-refractivity contribution is 5.88. The van der Waals surface area contributed by atoms with Crippen LogP contribution in [0.15, 0.2) is 0 Å². The zero-order valence-corrected chi connectivity index (χ0v) is 18.8. The average Bonchev–Trinajstić information content (AvgIpc) is 2.56. The maximum atomic E-state index is 12.0. The number of likely N-dealkylation sites (N-methyl/N-ethyl adjacent to an activating group) is 1. The van der Waals surface area contributed by atoms with Crippen molar-refractivity contribution in [3.8, 4) is 0 Å². The van der Waals surface area contributed by atoms with E-state index in [-0.39, 0.29) is 17.4 Å². The van der Waals surface area contributed by atoms with E-state index >= 15 is 0 Å². The third-order valence-corrected chi connectivity index (χ3v) is 4.27. The average molecular weight is 436 g/mol. The largest absolute Gasteiger partial charge is 0.481 e. The molecule has 0 aromatic carbocycles. The first kappa shape index (κ1) is 30.0. The molecule has 0 bridgehead atoms. The normalized spacial score (nSPS) is 12.5. The van der Waals surface area contributed by atoms with Crippen LogP contribution in [0.5, 0.6) is 0 Å². The van der Waals surface area contributed by atoms with E-state index in [4.69, 9.17) is 25.2 Å². The second-order valence-corrected chi connectivity index (χ2v) is 8.07. The third-order valence-electron chi connectivity index (χ3n) is 4.27. The minimum atomic E-state index is -2.74. The molecule has 0 aliphatic carbocycles. The monoisotopic (exact) mass is 435 g/mol. The lowest BCUT2D eigenvalue weighted by atomic mass is 9.88. The first-order chi connectivity index (χ1) is 13.6. The van der Waals surface area contributed by atoms with E-state index in [1.165, 1.54) is 0 Å². The molecule has 1 atom stereocenters. The summed E-state index contributed by atoms with van der Waals surface area (Å²) in [5.41, 5.74) is -2.48. The molecule has 0 radical (unpaired) electrons. The summed E-state index contributed by atoms with van der Waals surface area (Å²) in [5, 5.41) is 33.8. The Balaban J connectivity index is 0. The van der Waals surface area contributed by atoms with Crippen molar-refractivity contribution in [1.29, 1.82) is 0 Å². The van der Waals surface area contributed by atoms with Crippen molar-refractivity contribution in [1.82, 2.24) is 4.90 Å². The highest BCUT2D eigenvalue weighted by atomic mass is 16.5. The van der Waals surface area contributed by atoms with E-state index in [0.717, 1.165) is 25.9 Å². The number of aliphatic carboxylic acids is 3. The SMILES string of the molecule is CCOC(=O)C(CCC(C)(C)C)N(CC)CC.O=C(O)CC(O)(CC(=O)O)C(=O)O. The number of carboxylic acids is 3. The van der Waals surface area contributed by atoms with Crippen LogP contribution >= 0.6 is 0 Å². The molecule has 10 nitrogen and oxygen atoms in total. The number of hydrogen-bond acceptors (Lipinski definition) is 7. The van der Waals surface area contributed by atoms with Crippen LogP contribution < -0.4 is 0 Å². The lowest BCUT2D eigenvalue weighted by Crippen LogP contribution is -2.42. The van der Waals surface area contributed by atoms with Gasteiger partial charge >= 0.3 is 23.9 Å². The second-order valence-electron chi connectivity index (χ2n) is 8.07. The fourth-order valence-electron chi connectivity index (χ4n) is 2.64. The van der Waals surface area contributed by atoms with Crippen LogP contribution in [0, 0.1) is 5.41 Å². The van der Waals surface area contributed by atoms with Crippen molar-refractivity contribution in [2.75, 3.05) is 19.7 Å². The quantitative estimate of drug-likeness (QED) is 0.333. The van der Waals surface area contributed by atoms with Crippen LogP contribution in [0.3, 0.4) is 0 Å². The molecule has 0 fully saturated rings. The van der Waals surface area contributed by atoms with E-state index in [0.29, 0.717) is 6.61 Å². The second kappa shape index (κ2) is 13.9. The number of rotatable bonds is 12. The predicted octanol–water partition coefficient (Wildman–Crippen LogP) is 1.84. The van der Waals surface area contributed by atoms with Gasteiger partial charge in [-0.15, -0.1) is 0 Å². The van der Waals surface area contributed by atoms with Crippen LogP contribution in [-0.2, 0) is 23.9 Å². The lowest BCUT2D eigenvalue weighted by Gasteiger charge is -2.30. The molecule has 0 amide bonds. The zero-order valence-electron chi connectivity index (χ0n) is 18.8. The summed E-state index contributed by atoms with van der Waals surface area (Å²) in [7, 11) is 0. The molecule has 0 spiro atoms. The lowest BCUT2D eigenvalue weighted by molar-refractivity contribution is -0.170. The Labute approximate surface area is 177 Å². The zero-order chi connectivity index (χ0) is 24.1. The first-order valence-electron chi connectivity index (χ1n) is 9.93. The molecule has 0 aliphatic rings. The van der Waals surface area contributed by atoms with Gasteiger partial charge in [-0.2, -0.15) is 0 Å². The molecule has 10 heteroatoms. The third kappa shape index (κ3) is 13.1. The Hall–Kier alpha value is -2.20. The Bertz CT molecular complexity index is 549. The molecule has 0 aliphatic heterocycles. The van der Waals surface area contributed by atoms with Gasteiger partial charge in [0.05, 0.1) is 19.4 Å². The van der Waals surface area contributed by atoms with E-state index < -0.39 is 36.4 Å². The Morgan fingerprint density at radius 3 is 1.60 bits per heavy atom. The highest BCUT2D eigenvalue weighted by Crippen LogP contribution is 2.23. The van der Waals surface area contributed by atoms with Gasteiger partial charge in [0.2, 0.25) is 0 Å². The molecule has 176 valence electrons. The molecule has 4 N–H and O–H groups in total. The van der Waals surface area contributed by atoms with E-state index in [2.05, 4.69) is 39.5 Å². The number of hydrogen-bond donors (Lipinski definition) is 4. The van der Waals surface area contributed by atoms with Crippen LogP contribution in [0.25, 0.3) is 0 Å². The molecule has 0 aromatic rings. The summed E-state index contributed by atoms with van der Waals surface area (Å²) in [6.45, 7) is 14.9. The first-order valence-corrected chi connectivity index (χ1v) is 9.93. The number of carbonyl (C=O) groups excluding carboxylic acids is 1. The predicted molar refractivity (Wildman–Crippen MR) is 109 cm³/mol. The smallest absolute Gasteiger partial charge is 0.336 e. The molecule has 0 aromatic heterocycles. The van der Waals surface area contributed by atoms with Crippen molar-refractivity contribution in [3.05, 3.63) is 0 Å². The van der Waals surface area contributed by atoms with Gasteiger partial charge < -0.3 is 25.2 Å². The van der Waals surface area contributed by atoms with Gasteiger partial charge in [0, 0.05) is 0 Å². The number of carbonyl (C=O) groups is 4. The number of nitrogens with zero attached hydrogens (tertiary/aromatic N) is 1. The molecular weight excluding hydrogens is 398 g/mol. The van der Waals surface area contributed by atoms with E-state index in [9.17, 15) is 19.2 Å². The molecule has 0 rings (SSSR count). The van der Waals surface area contributed by atoms with Gasteiger partial charge in [-0.3, -0.25) is 19.3 Å². The van der Waals surface area contributed by atoms with Gasteiger partial charge in [0.25, 0.3) is 0 Å². The van der Waals surface area contributed by atoms with Crippen molar-refractivity contribution in [3.63, 3.8) is 0 Å². The summed E-state index contributed by atoms with van der Waals surface area (Å²) >= 11 is 0. The summed E-state index contributed by atoms with van der Waals surface area (Å²) in [5.74, 6) is -5.09. The Morgan fingerprint density at radius 1 is 0.900 bits per heavy atom. The van der Waals surface area contributed by atoms with E-state index in [1.807, 2.05) is 6.92 Å². The van der Waals surface area contributed by atoms with Crippen LogP contribution in [0.4, 0.5) is 0 Å². The number of esters is 1. The summed E-state index contributed by atoms with van der Waals surface area (Å²) in [6.07, 6.45) is -0.375. The maximum Gasteiger partial charge on any atom is 0.336 e. The number of carboxylic acid groups (broad SMARTS) is 3. The number of ether oxygens (including phenoxy) is 1. The van der Waals surface area contributed by atoms with Gasteiger partial charge in [-0.05, 0) is 38.3 Å². The van der Waals surface area contributed by atoms with E-state index in [1.54, 1.807) is 0 Å². The summed E-state index contributed by atoms with van der Waals surface area (Å²) in [4.78, 5) is 44.6. The summed E-state index contributed by atoms with van der Waals surface area (Å²) in [6, 6.07) is -0.0795. The minimum Gasteiger partial charge on any atom is -0.481 e. The minimum absolute atomic E-state index is 0.0690. The fourth-order valence-corrected chi connectivity index (χ4v) is 2.64. The highest BCUT2D eigenvalue weighted by Gasteiger charge is 2.40. The van der Waals surface area contributed by atoms with Crippen molar-refractivity contribution < 1.29 is 44.3 Å². The number of aliphatic hydroxyl groups is 1. The van der Waals surface area contributed by atoms with Crippen molar-refractivity contribution in [2.24, 2.45) is 5.41 Å².